The molecule has 21 heavy (non-hydrogen) atoms. The molecule has 0 bridgehead atoms. The van der Waals surface area contributed by atoms with Crippen LogP contribution in [-0.4, -0.2) is 30.5 Å². The predicted octanol–water partition coefficient (Wildman–Crippen LogP) is 1.40. The van der Waals surface area contributed by atoms with Gasteiger partial charge < -0.3 is 5.32 Å². The molecule has 0 aliphatic carbocycles. The summed E-state index contributed by atoms with van der Waals surface area (Å²) in [5.41, 5.74) is 1.26. The summed E-state index contributed by atoms with van der Waals surface area (Å²) in [4.78, 5) is 20.8. The van der Waals surface area contributed by atoms with E-state index in [1.54, 1.807) is 12.3 Å². The number of nitrogens with zero attached hydrogens (tertiary/aromatic N) is 5. The predicted molar refractivity (Wildman–Crippen MR) is 75.5 cm³/mol. The van der Waals surface area contributed by atoms with E-state index in [2.05, 4.69) is 25.5 Å². The average molecular weight is 282 g/mol. The standard InChI is InChI=1S/C14H14N6O/c1-2-11(18-13(21)10-4-6-16-17-8-10)12-9-20-7-3-5-15-14(20)19-12/h3-9,11H,2H2,1H3,(H,18,21)/t11-/m0/s1. The van der Waals surface area contributed by atoms with Crippen LogP contribution in [0.3, 0.4) is 0 Å². The van der Waals surface area contributed by atoms with E-state index < -0.39 is 0 Å². The Morgan fingerprint density at radius 2 is 2.29 bits per heavy atom. The molecular weight excluding hydrogens is 268 g/mol. The first kappa shape index (κ1) is 13.2. The summed E-state index contributed by atoms with van der Waals surface area (Å²) in [5, 5.41) is 10.3. The molecule has 0 spiro atoms. The zero-order chi connectivity index (χ0) is 14.7. The third kappa shape index (κ3) is 2.71. The minimum atomic E-state index is -0.193. The fraction of sp³-hybridized carbons (Fsp3) is 0.214. The highest BCUT2D eigenvalue weighted by molar-refractivity contribution is 5.93. The summed E-state index contributed by atoms with van der Waals surface area (Å²) >= 11 is 0. The van der Waals surface area contributed by atoms with Crippen LogP contribution in [0.25, 0.3) is 5.78 Å². The molecule has 7 heteroatoms. The molecule has 0 saturated heterocycles. The highest BCUT2D eigenvalue weighted by Gasteiger charge is 2.17. The molecule has 0 aromatic carbocycles. The highest BCUT2D eigenvalue weighted by Crippen LogP contribution is 2.16. The van der Waals surface area contributed by atoms with Gasteiger partial charge in [-0.3, -0.25) is 9.20 Å². The van der Waals surface area contributed by atoms with E-state index >= 15 is 0 Å². The van der Waals surface area contributed by atoms with Crippen LogP contribution in [0.5, 0.6) is 0 Å². The number of rotatable bonds is 4. The van der Waals surface area contributed by atoms with Gasteiger partial charge in [0, 0.05) is 18.6 Å². The van der Waals surface area contributed by atoms with E-state index in [9.17, 15) is 4.79 Å². The molecular formula is C14H14N6O. The second-order valence-corrected chi connectivity index (χ2v) is 4.56. The van der Waals surface area contributed by atoms with Crippen LogP contribution in [0.4, 0.5) is 0 Å². The number of hydrogen-bond donors (Lipinski definition) is 1. The van der Waals surface area contributed by atoms with Crippen molar-refractivity contribution in [1.82, 2.24) is 29.9 Å². The van der Waals surface area contributed by atoms with Crippen LogP contribution in [0, 0.1) is 0 Å². The van der Waals surface area contributed by atoms with Crippen molar-refractivity contribution in [3.63, 3.8) is 0 Å². The highest BCUT2D eigenvalue weighted by atomic mass is 16.1. The molecule has 3 aromatic heterocycles. The summed E-state index contributed by atoms with van der Waals surface area (Å²) in [7, 11) is 0. The summed E-state index contributed by atoms with van der Waals surface area (Å²) in [6.07, 6.45) is 9.10. The zero-order valence-corrected chi connectivity index (χ0v) is 11.5. The summed E-state index contributed by atoms with van der Waals surface area (Å²) in [6, 6.07) is 3.29. The van der Waals surface area contributed by atoms with Crippen LogP contribution >= 0.6 is 0 Å². The van der Waals surface area contributed by atoms with Crippen LogP contribution in [0.1, 0.15) is 35.4 Å². The van der Waals surface area contributed by atoms with Gasteiger partial charge in [-0.2, -0.15) is 10.2 Å². The molecule has 0 saturated carbocycles. The van der Waals surface area contributed by atoms with Crippen molar-refractivity contribution >= 4 is 11.7 Å². The van der Waals surface area contributed by atoms with Gasteiger partial charge >= 0.3 is 0 Å². The van der Waals surface area contributed by atoms with Crippen molar-refractivity contribution in [2.24, 2.45) is 0 Å². The SMILES string of the molecule is CC[C@H](NC(=O)c1ccnnc1)c1cn2cccnc2n1. The second kappa shape index (κ2) is 5.66. The first-order chi connectivity index (χ1) is 10.3. The van der Waals surface area contributed by atoms with E-state index in [4.69, 9.17) is 0 Å². The fourth-order valence-corrected chi connectivity index (χ4v) is 2.07. The maximum Gasteiger partial charge on any atom is 0.253 e. The second-order valence-electron chi connectivity index (χ2n) is 4.56. The third-order valence-corrected chi connectivity index (χ3v) is 3.17. The fourth-order valence-electron chi connectivity index (χ4n) is 2.07. The number of imidazole rings is 1. The molecule has 1 atom stereocenters. The molecule has 3 rings (SSSR count). The number of amides is 1. The van der Waals surface area contributed by atoms with Crippen molar-refractivity contribution in [2.45, 2.75) is 19.4 Å². The lowest BCUT2D eigenvalue weighted by Gasteiger charge is -2.14. The number of carbonyl (C=O) groups is 1. The Hall–Kier alpha value is -2.83. The normalized spacial score (nSPS) is 12.2. The lowest BCUT2D eigenvalue weighted by molar-refractivity contribution is 0.0934. The summed E-state index contributed by atoms with van der Waals surface area (Å²) < 4.78 is 1.83. The first-order valence-corrected chi connectivity index (χ1v) is 6.65. The van der Waals surface area contributed by atoms with Crippen molar-refractivity contribution in [3.05, 3.63) is 54.4 Å². The molecule has 1 amide bonds. The van der Waals surface area contributed by atoms with E-state index in [-0.39, 0.29) is 11.9 Å². The molecule has 106 valence electrons. The maximum atomic E-state index is 12.2. The van der Waals surface area contributed by atoms with Crippen LogP contribution in [-0.2, 0) is 0 Å². The van der Waals surface area contributed by atoms with Gasteiger partial charge in [-0.05, 0) is 18.6 Å². The maximum absolute atomic E-state index is 12.2. The van der Waals surface area contributed by atoms with E-state index in [0.29, 0.717) is 11.3 Å². The minimum absolute atomic E-state index is 0.174. The minimum Gasteiger partial charge on any atom is -0.344 e. The molecule has 0 fully saturated rings. The number of aromatic nitrogens is 5. The molecule has 0 unspecified atom stereocenters. The first-order valence-electron chi connectivity index (χ1n) is 6.65. The van der Waals surface area contributed by atoms with Crippen LogP contribution in [0.15, 0.2) is 43.1 Å². The zero-order valence-electron chi connectivity index (χ0n) is 11.5. The van der Waals surface area contributed by atoms with Gasteiger partial charge in [-0.1, -0.05) is 6.92 Å². The number of hydrogen-bond acceptors (Lipinski definition) is 5. The Morgan fingerprint density at radius 1 is 1.38 bits per heavy atom. The van der Waals surface area contributed by atoms with Gasteiger partial charge in [0.2, 0.25) is 5.78 Å². The summed E-state index contributed by atoms with van der Waals surface area (Å²) in [6.45, 7) is 1.99. The Labute approximate surface area is 121 Å². The van der Waals surface area contributed by atoms with Crippen molar-refractivity contribution in [1.29, 1.82) is 0 Å². The molecule has 7 nitrogen and oxygen atoms in total. The Balaban J connectivity index is 1.83. The van der Waals surface area contributed by atoms with Gasteiger partial charge in [0.05, 0.1) is 29.7 Å². The van der Waals surface area contributed by atoms with Gasteiger partial charge in [-0.15, -0.1) is 0 Å². The molecule has 1 N–H and O–H groups in total. The van der Waals surface area contributed by atoms with Crippen molar-refractivity contribution in [2.75, 3.05) is 0 Å². The number of nitrogens with one attached hydrogen (secondary N) is 1. The van der Waals surface area contributed by atoms with E-state index in [1.807, 2.05) is 29.8 Å². The van der Waals surface area contributed by atoms with Gasteiger partial charge in [0.25, 0.3) is 5.91 Å². The smallest absolute Gasteiger partial charge is 0.253 e. The van der Waals surface area contributed by atoms with Crippen molar-refractivity contribution < 1.29 is 4.79 Å². The average Bonchev–Trinajstić information content (AvgIpc) is 2.97. The Kier molecular flexibility index (Phi) is 3.55. The third-order valence-electron chi connectivity index (χ3n) is 3.17. The lowest BCUT2D eigenvalue weighted by Crippen LogP contribution is -2.28. The quantitative estimate of drug-likeness (QED) is 0.781. The van der Waals surface area contributed by atoms with Crippen LogP contribution < -0.4 is 5.32 Å². The monoisotopic (exact) mass is 282 g/mol. The Morgan fingerprint density at radius 3 is 3.00 bits per heavy atom. The molecule has 3 aromatic rings. The molecule has 0 radical (unpaired) electrons. The summed E-state index contributed by atoms with van der Waals surface area (Å²) in [5.74, 6) is 0.424. The van der Waals surface area contributed by atoms with Gasteiger partial charge in [-0.25, -0.2) is 9.97 Å². The number of carbonyl (C=O) groups excluding carboxylic acids is 1. The van der Waals surface area contributed by atoms with E-state index in [0.717, 1.165) is 12.1 Å². The molecule has 0 aliphatic rings. The number of fused-ring (bicyclic) bond motifs is 1. The van der Waals surface area contributed by atoms with Crippen LogP contribution in [0.2, 0.25) is 0 Å². The lowest BCUT2D eigenvalue weighted by atomic mass is 10.1. The molecule has 3 heterocycles. The van der Waals surface area contributed by atoms with E-state index in [1.165, 1.54) is 12.4 Å². The Bertz CT molecular complexity index is 721. The van der Waals surface area contributed by atoms with Crippen molar-refractivity contribution in [3.8, 4) is 0 Å². The van der Waals surface area contributed by atoms with Gasteiger partial charge in [0.1, 0.15) is 0 Å². The molecule has 0 aliphatic heterocycles. The van der Waals surface area contributed by atoms with Gasteiger partial charge in [0.15, 0.2) is 0 Å². The largest absolute Gasteiger partial charge is 0.344 e. The topological polar surface area (TPSA) is 85.1 Å².